The highest BCUT2D eigenvalue weighted by Crippen LogP contribution is 2.35. The summed E-state index contributed by atoms with van der Waals surface area (Å²) < 4.78 is 8.66. The maximum atomic E-state index is 13.2. The van der Waals surface area contributed by atoms with Crippen LogP contribution in [0.25, 0.3) is 32.2 Å². The molecule has 3 aromatic heterocycles. The third-order valence-electron chi connectivity index (χ3n) is 5.65. The van der Waals surface area contributed by atoms with E-state index in [4.69, 9.17) is 4.74 Å². The molecule has 0 atom stereocenters. The van der Waals surface area contributed by atoms with Gasteiger partial charge < -0.3 is 9.64 Å². The van der Waals surface area contributed by atoms with Gasteiger partial charge in [0.25, 0.3) is 5.91 Å². The van der Waals surface area contributed by atoms with Crippen LogP contribution in [0.15, 0.2) is 36.7 Å². The van der Waals surface area contributed by atoms with Gasteiger partial charge in [-0.05, 0) is 49.4 Å². The molecule has 30 heavy (non-hydrogen) atoms. The molecule has 5 rings (SSSR count). The molecular formula is C23H24N4O2S. The first kappa shape index (κ1) is 19.2. The van der Waals surface area contributed by atoms with Crippen LogP contribution in [-0.4, -0.2) is 50.9 Å². The number of morpholine rings is 1. The minimum atomic E-state index is -0.302. The van der Waals surface area contributed by atoms with E-state index in [-0.39, 0.29) is 11.5 Å². The zero-order valence-corrected chi connectivity index (χ0v) is 18.4. The summed E-state index contributed by atoms with van der Waals surface area (Å²) in [4.78, 5) is 20.5. The third-order valence-corrected chi connectivity index (χ3v) is 6.89. The fraction of sp³-hybridized carbons (Fsp3) is 0.348. The Kier molecular flexibility index (Phi) is 4.41. The molecule has 0 radical (unpaired) electrons. The second-order valence-electron chi connectivity index (χ2n) is 8.54. The number of hydrogen-bond acceptors (Lipinski definition) is 5. The first-order chi connectivity index (χ1) is 14.3. The summed E-state index contributed by atoms with van der Waals surface area (Å²) in [6.07, 6.45) is 3.83. The summed E-state index contributed by atoms with van der Waals surface area (Å²) in [6.45, 7) is 7.93. The van der Waals surface area contributed by atoms with Crippen LogP contribution < -0.4 is 0 Å². The first-order valence-electron chi connectivity index (χ1n) is 10.1. The van der Waals surface area contributed by atoms with Crippen molar-refractivity contribution in [2.45, 2.75) is 26.4 Å². The molecule has 1 saturated heterocycles. The molecule has 0 bridgehead atoms. The molecule has 0 spiro atoms. The highest BCUT2D eigenvalue weighted by atomic mass is 32.1. The lowest BCUT2D eigenvalue weighted by Gasteiger charge is -2.38. The quantitative estimate of drug-likeness (QED) is 0.482. The lowest BCUT2D eigenvalue weighted by atomic mass is 10.0. The van der Waals surface area contributed by atoms with E-state index in [9.17, 15) is 4.79 Å². The number of amides is 1. The fourth-order valence-electron chi connectivity index (χ4n) is 4.13. The van der Waals surface area contributed by atoms with E-state index in [0.717, 1.165) is 42.7 Å². The van der Waals surface area contributed by atoms with Crippen LogP contribution in [0, 0.1) is 6.92 Å². The number of ether oxygens (including phenoxy) is 1. The summed E-state index contributed by atoms with van der Waals surface area (Å²) in [5.41, 5.74) is 3.64. The van der Waals surface area contributed by atoms with E-state index in [0.29, 0.717) is 19.7 Å². The molecule has 4 aromatic rings. The van der Waals surface area contributed by atoms with Crippen molar-refractivity contribution in [3.05, 3.63) is 47.1 Å². The van der Waals surface area contributed by atoms with Gasteiger partial charge in [0.05, 0.1) is 17.1 Å². The molecule has 4 heterocycles. The molecule has 7 heteroatoms. The number of carbonyl (C=O) groups is 1. The first-order valence-corrected chi connectivity index (χ1v) is 10.9. The maximum Gasteiger partial charge on any atom is 0.264 e. The monoisotopic (exact) mass is 420 g/mol. The Hall–Kier alpha value is -2.77. The Morgan fingerprint density at radius 3 is 2.87 bits per heavy atom. The molecule has 0 aliphatic carbocycles. The van der Waals surface area contributed by atoms with Crippen LogP contribution in [0.5, 0.6) is 0 Å². The predicted octanol–water partition coefficient (Wildman–Crippen LogP) is 4.41. The number of benzene rings is 1. The van der Waals surface area contributed by atoms with Crippen molar-refractivity contribution >= 4 is 38.4 Å². The van der Waals surface area contributed by atoms with E-state index < -0.39 is 0 Å². The van der Waals surface area contributed by atoms with E-state index in [1.54, 1.807) is 16.0 Å². The number of nitrogens with zero attached hydrogens (tertiary/aromatic N) is 4. The van der Waals surface area contributed by atoms with Gasteiger partial charge in [-0.15, -0.1) is 11.3 Å². The zero-order chi connectivity index (χ0) is 21.0. The normalized spacial score (nSPS) is 16.5. The number of fused-ring (bicyclic) bond motifs is 2. The SMILES string of the molecule is Cc1c(C(=O)N2CCOC(C)(C)C2)sc2cc(-c3cnc4nn(C)cc4c3)ccc12. The standard InChI is InChI=1S/C23H24N4O2S/c1-14-18-6-5-15(16-9-17-12-26(4)25-21(17)24-11-16)10-19(18)30-20(14)22(28)27-7-8-29-23(2,3)13-27/h5-6,9-12H,7-8,13H2,1-4H3. The van der Waals surface area contributed by atoms with Gasteiger partial charge in [0.15, 0.2) is 5.65 Å². The molecule has 0 N–H and O–H groups in total. The number of carbonyl (C=O) groups excluding carboxylic acids is 1. The van der Waals surface area contributed by atoms with Gasteiger partial charge in [-0.2, -0.15) is 5.10 Å². The number of rotatable bonds is 2. The second-order valence-corrected chi connectivity index (χ2v) is 9.59. The molecule has 6 nitrogen and oxygen atoms in total. The summed E-state index contributed by atoms with van der Waals surface area (Å²) in [5.74, 6) is 0.102. The predicted molar refractivity (Wildman–Crippen MR) is 120 cm³/mol. The van der Waals surface area contributed by atoms with Crippen molar-refractivity contribution in [1.29, 1.82) is 0 Å². The Labute approximate surface area is 179 Å². The number of thiophene rings is 1. The van der Waals surface area contributed by atoms with Crippen LogP contribution in [0.2, 0.25) is 0 Å². The summed E-state index contributed by atoms with van der Waals surface area (Å²) in [6, 6.07) is 8.49. The summed E-state index contributed by atoms with van der Waals surface area (Å²) in [7, 11) is 1.90. The molecule has 0 unspecified atom stereocenters. The van der Waals surface area contributed by atoms with Crippen LogP contribution in [0.4, 0.5) is 0 Å². The molecule has 1 aromatic carbocycles. The van der Waals surface area contributed by atoms with E-state index in [1.807, 2.05) is 45.1 Å². The van der Waals surface area contributed by atoms with Crippen molar-refractivity contribution in [3.63, 3.8) is 0 Å². The fourth-order valence-corrected chi connectivity index (χ4v) is 5.35. The van der Waals surface area contributed by atoms with Crippen LogP contribution in [0.3, 0.4) is 0 Å². The van der Waals surface area contributed by atoms with Gasteiger partial charge >= 0.3 is 0 Å². The van der Waals surface area contributed by atoms with Gasteiger partial charge in [-0.3, -0.25) is 9.48 Å². The zero-order valence-electron chi connectivity index (χ0n) is 17.6. The van der Waals surface area contributed by atoms with E-state index in [2.05, 4.69) is 34.3 Å². The topological polar surface area (TPSA) is 60.3 Å². The summed E-state index contributed by atoms with van der Waals surface area (Å²) in [5, 5.41) is 6.49. The van der Waals surface area contributed by atoms with E-state index >= 15 is 0 Å². The lowest BCUT2D eigenvalue weighted by molar-refractivity contribution is -0.0763. The smallest absolute Gasteiger partial charge is 0.264 e. The average molecular weight is 421 g/mol. The average Bonchev–Trinajstić information content (AvgIpc) is 3.24. The van der Waals surface area contributed by atoms with Crippen molar-refractivity contribution in [2.75, 3.05) is 19.7 Å². The third kappa shape index (κ3) is 3.28. The highest BCUT2D eigenvalue weighted by Gasteiger charge is 2.31. The van der Waals surface area contributed by atoms with Crippen LogP contribution in [-0.2, 0) is 11.8 Å². The van der Waals surface area contributed by atoms with Crippen LogP contribution >= 0.6 is 11.3 Å². The minimum Gasteiger partial charge on any atom is -0.372 e. The van der Waals surface area contributed by atoms with Crippen molar-refractivity contribution in [2.24, 2.45) is 7.05 Å². The number of hydrogen-bond donors (Lipinski definition) is 0. The molecule has 1 aliphatic rings. The van der Waals surface area contributed by atoms with Gasteiger partial charge in [-0.1, -0.05) is 12.1 Å². The number of aromatic nitrogens is 3. The molecule has 0 saturated carbocycles. The van der Waals surface area contributed by atoms with Crippen LogP contribution in [0.1, 0.15) is 29.1 Å². The van der Waals surface area contributed by atoms with Crippen molar-refractivity contribution in [1.82, 2.24) is 19.7 Å². The van der Waals surface area contributed by atoms with E-state index in [1.165, 1.54) is 0 Å². The molecule has 154 valence electrons. The minimum absolute atomic E-state index is 0.102. The molecule has 1 amide bonds. The summed E-state index contributed by atoms with van der Waals surface area (Å²) >= 11 is 1.57. The Bertz CT molecular complexity index is 1290. The Balaban J connectivity index is 1.51. The Morgan fingerprint density at radius 2 is 2.07 bits per heavy atom. The highest BCUT2D eigenvalue weighted by molar-refractivity contribution is 7.21. The number of pyridine rings is 1. The van der Waals surface area contributed by atoms with Crippen molar-refractivity contribution < 1.29 is 9.53 Å². The van der Waals surface area contributed by atoms with Gasteiger partial charge in [-0.25, -0.2) is 4.98 Å². The second kappa shape index (κ2) is 6.89. The van der Waals surface area contributed by atoms with Crippen molar-refractivity contribution in [3.8, 4) is 11.1 Å². The van der Waals surface area contributed by atoms with Gasteiger partial charge in [0.2, 0.25) is 0 Å². The lowest BCUT2D eigenvalue weighted by Crippen LogP contribution is -2.50. The molecule has 1 fully saturated rings. The van der Waals surface area contributed by atoms with Gasteiger partial charge in [0.1, 0.15) is 0 Å². The largest absolute Gasteiger partial charge is 0.372 e. The number of aryl methyl sites for hydroxylation is 2. The molecular weight excluding hydrogens is 396 g/mol. The Morgan fingerprint density at radius 1 is 1.23 bits per heavy atom. The maximum absolute atomic E-state index is 13.2. The van der Waals surface area contributed by atoms with Gasteiger partial charge in [0, 0.05) is 48.2 Å². The molecule has 1 aliphatic heterocycles.